The molecule has 0 aliphatic carbocycles. The summed E-state index contributed by atoms with van der Waals surface area (Å²) in [6, 6.07) is 12.3. The molecule has 8 nitrogen and oxygen atoms in total. The lowest BCUT2D eigenvalue weighted by Gasteiger charge is -2.15. The topological polar surface area (TPSA) is 86.3 Å². The molecule has 1 aliphatic rings. The van der Waals surface area contributed by atoms with Gasteiger partial charge in [0.25, 0.3) is 11.8 Å². The molecular formula is C25H30N2O6. The highest BCUT2D eigenvalue weighted by atomic mass is 16.5. The van der Waals surface area contributed by atoms with Crippen LogP contribution in [0.4, 0.5) is 5.69 Å². The summed E-state index contributed by atoms with van der Waals surface area (Å²) in [6.07, 6.45) is 0. The third kappa shape index (κ3) is 5.46. The first kappa shape index (κ1) is 24.1. The van der Waals surface area contributed by atoms with Crippen LogP contribution in [0.1, 0.15) is 19.4 Å². The number of carbonyl (C=O) groups excluding carboxylic acids is 2. The minimum Gasteiger partial charge on any atom is -0.497 e. The van der Waals surface area contributed by atoms with E-state index in [1.165, 1.54) is 19.1 Å². The van der Waals surface area contributed by atoms with Crippen molar-refractivity contribution in [3.8, 4) is 17.2 Å². The number of anilines is 1. The zero-order chi connectivity index (χ0) is 24.0. The molecule has 0 saturated heterocycles. The number of rotatable bonds is 11. The Labute approximate surface area is 194 Å². The number of benzene rings is 2. The van der Waals surface area contributed by atoms with Crippen molar-refractivity contribution < 1.29 is 28.5 Å². The van der Waals surface area contributed by atoms with Crippen molar-refractivity contribution in [1.29, 1.82) is 0 Å². The lowest BCUT2D eigenvalue weighted by atomic mass is 10.0. The van der Waals surface area contributed by atoms with E-state index in [2.05, 4.69) is 19.2 Å². The minimum absolute atomic E-state index is 0.151. The van der Waals surface area contributed by atoms with Crippen molar-refractivity contribution in [3.05, 3.63) is 53.7 Å². The van der Waals surface area contributed by atoms with Crippen LogP contribution in [-0.4, -0.2) is 57.8 Å². The quantitative estimate of drug-likeness (QED) is 0.520. The van der Waals surface area contributed by atoms with Gasteiger partial charge in [-0.2, -0.15) is 0 Å². The highest BCUT2D eigenvalue weighted by molar-refractivity contribution is 6.36. The number of ether oxygens (including phenoxy) is 4. The highest BCUT2D eigenvalue weighted by Crippen LogP contribution is 2.35. The first-order valence-corrected chi connectivity index (χ1v) is 10.7. The molecule has 0 fully saturated rings. The third-order valence-electron chi connectivity index (χ3n) is 5.08. The summed E-state index contributed by atoms with van der Waals surface area (Å²) in [5.74, 6) is 1.37. The molecule has 33 heavy (non-hydrogen) atoms. The third-order valence-corrected chi connectivity index (χ3v) is 5.08. The summed E-state index contributed by atoms with van der Waals surface area (Å²) in [4.78, 5) is 27.6. The molecule has 0 unspecified atom stereocenters. The maximum atomic E-state index is 13.2. The molecule has 0 bridgehead atoms. The number of methoxy groups -OCH3 is 3. The maximum absolute atomic E-state index is 13.2. The van der Waals surface area contributed by atoms with Gasteiger partial charge in [-0.05, 0) is 35.7 Å². The van der Waals surface area contributed by atoms with Crippen LogP contribution >= 0.6 is 0 Å². The van der Waals surface area contributed by atoms with Crippen LogP contribution in [0.5, 0.6) is 17.2 Å². The summed E-state index contributed by atoms with van der Waals surface area (Å²) in [7, 11) is 4.61. The summed E-state index contributed by atoms with van der Waals surface area (Å²) < 4.78 is 21.5. The molecule has 8 heteroatoms. The zero-order valence-electron chi connectivity index (χ0n) is 19.6. The van der Waals surface area contributed by atoms with Gasteiger partial charge in [0.1, 0.15) is 22.9 Å². The summed E-state index contributed by atoms with van der Waals surface area (Å²) >= 11 is 0. The Bertz CT molecular complexity index is 1030. The van der Waals surface area contributed by atoms with Gasteiger partial charge >= 0.3 is 0 Å². The molecule has 0 saturated carbocycles. The number of hydrogen-bond donors (Lipinski definition) is 1. The normalized spacial score (nSPS) is 13.7. The van der Waals surface area contributed by atoms with Gasteiger partial charge in [0.05, 0.1) is 45.2 Å². The van der Waals surface area contributed by atoms with Gasteiger partial charge in [-0.3, -0.25) is 14.5 Å². The van der Waals surface area contributed by atoms with E-state index in [0.717, 1.165) is 0 Å². The fraction of sp³-hybridized carbons (Fsp3) is 0.360. The molecule has 1 aliphatic heterocycles. The van der Waals surface area contributed by atoms with E-state index >= 15 is 0 Å². The van der Waals surface area contributed by atoms with E-state index in [-0.39, 0.29) is 30.3 Å². The van der Waals surface area contributed by atoms with Crippen molar-refractivity contribution >= 4 is 23.1 Å². The van der Waals surface area contributed by atoms with Crippen molar-refractivity contribution in [2.45, 2.75) is 13.8 Å². The smallest absolute Gasteiger partial charge is 0.278 e. The molecular weight excluding hydrogens is 424 g/mol. The first-order valence-electron chi connectivity index (χ1n) is 10.7. The highest BCUT2D eigenvalue weighted by Gasteiger charge is 2.39. The van der Waals surface area contributed by atoms with Crippen molar-refractivity contribution in [3.63, 3.8) is 0 Å². The van der Waals surface area contributed by atoms with E-state index in [9.17, 15) is 9.59 Å². The molecule has 0 spiro atoms. The largest absolute Gasteiger partial charge is 0.497 e. The predicted octanol–water partition coefficient (Wildman–Crippen LogP) is 3.58. The van der Waals surface area contributed by atoms with Gasteiger partial charge in [0.15, 0.2) is 0 Å². The molecule has 1 heterocycles. The summed E-state index contributed by atoms with van der Waals surface area (Å²) in [6.45, 7) is 5.13. The van der Waals surface area contributed by atoms with Gasteiger partial charge in [-0.15, -0.1) is 0 Å². The number of hydrogen-bond acceptors (Lipinski definition) is 7. The van der Waals surface area contributed by atoms with Crippen LogP contribution in [0.25, 0.3) is 5.57 Å². The van der Waals surface area contributed by atoms with E-state index in [1.54, 1.807) is 49.6 Å². The lowest BCUT2D eigenvalue weighted by molar-refractivity contribution is -0.137. The van der Waals surface area contributed by atoms with Crippen molar-refractivity contribution in [1.82, 2.24) is 4.90 Å². The Hall–Kier alpha value is -3.52. The lowest BCUT2D eigenvalue weighted by Crippen LogP contribution is -2.35. The Balaban J connectivity index is 1.99. The van der Waals surface area contributed by atoms with Gasteiger partial charge in [0.2, 0.25) is 0 Å². The van der Waals surface area contributed by atoms with Crippen LogP contribution in [0.3, 0.4) is 0 Å². The Morgan fingerprint density at radius 1 is 0.909 bits per heavy atom. The molecule has 2 aromatic rings. The van der Waals surface area contributed by atoms with Crippen LogP contribution in [0, 0.1) is 5.92 Å². The molecule has 0 aromatic heterocycles. The summed E-state index contributed by atoms with van der Waals surface area (Å²) in [5, 5.41) is 3.12. The van der Waals surface area contributed by atoms with Crippen LogP contribution < -0.4 is 19.5 Å². The van der Waals surface area contributed by atoms with Crippen molar-refractivity contribution in [2.75, 3.05) is 46.4 Å². The Morgan fingerprint density at radius 2 is 1.61 bits per heavy atom. The SMILES string of the molecule is COCCN1C(=O)C(Nc2ccc(OC)cc2OC)=C(c2ccc(OCC(C)C)cc2)C1=O. The van der Waals surface area contributed by atoms with E-state index < -0.39 is 5.91 Å². The zero-order valence-corrected chi connectivity index (χ0v) is 19.6. The number of nitrogens with one attached hydrogen (secondary N) is 1. The molecule has 0 atom stereocenters. The van der Waals surface area contributed by atoms with E-state index in [1.807, 2.05) is 0 Å². The second-order valence-corrected chi connectivity index (χ2v) is 7.93. The molecule has 2 amide bonds. The van der Waals surface area contributed by atoms with Gasteiger partial charge in [-0.1, -0.05) is 26.0 Å². The summed E-state index contributed by atoms with van der Waals surface area (Å²) in [5.41, 5.74) is 1.61. The van der Waals surface area contributed by atoms with Crippen LogP contribution in [0.15, 0.2) is 48.2 Å². The number of imide groups is 1. The number of nitrogens with zero attached hydrogens (tertiary/aromatic N) is 1. The second kappa shape index (κ2) is 10.9. The van der Waals surface area contributed by atoms with E-state index in [4.69, 9.17) is 18.9 Å². The van der Waals surface area contributed by atoms with Crippen molar-refractivity contribution in [2.24, 2.45) is 5.92 Å². The Morgan fingerprint density at radius 3 is 2.21 bits per heavy atom. The average Bonchev–Trinajstić information content (AvgIpc) is 3.05. The number of amides is 2. The maximum Gasteiger partial charge on any atom is 0.278 e. The standard InChI is InChI=1S/C25H30N2O6/c1-16(2)15-33-18-8-6-17(7-9-18)22-23(25(29)27(24(22)28)12-13-30-3)26-20-11-10-19(31-4)14-21(20)32-5/h6-11,14,16,26H,12-13,15H2,1-5H3. The van der Waals surface area contributed by atoms with Crippen LogP contribution in [-0.2, 0) is 14.3 Å². The Kier molecular flexibility index (Phi) is 7.95. The van der Waals surface area contributed by atoms with Crippen LogP contribution in [0.2, 0.25) is 0 Å². The molecule has 2 aromatic carbocycles. The first-order chi connectivity index (χ1) is 15.9. The molecule has 1 N–H and O–H groups in total. The molecule has 176 valence electrons. The van der Waals surface area contributed by atoms with Gasteiger partial charge in [0, 0.05) is 13.2 Å². The van der Waals surface area contributed by atoms with Gasteiger partial charge in [-0.25, -0.2) is 0 Å². The average molecular weight is 455 g/mol. The second-order valence-electron chi connectivity index (χ2n) is 7.93. The minimum atomic E-state index is -0.426. The van der Waals surface area contributed by atoms with Gasteiger partial charge < -0.3 is 24.3 Å². The fourth-order valence-corrected chi connectivity index (χ4v) is 3.36. The van der Waals surface area contributed by atoms with E-state index in [0.29, 0.717) is 41.0 Å². The molecule has 0 radical (unpaired) electrons. The molecule has 3 rings (SSSR count). The fourth-order valence-electron chi connectivity index (χ4n) is 3.36. The predicted molar refractivity (Wildman–Crippen MR) is 125 cm³/mol. The monoisotopic (exact) mass is 454 g/mol. The number of carbonyl (C=O) groups is 2.